The molecule has 0 amide bonds. The molecule has 1 aromatic heterocycles. The first-order chi connectivity index (χ1) is 17.1. The fourth-order valence-electron chi connectivity index (χ4n) is 4.35. The highest BCUT2D eigenvalue weighted by Gasteiger charge is 2.32. The Bertz CT molecular complexity index is 1240. The van der Waals surface area contributed by atoms with Gasteiger partial charge < -0.3 is 5.32 Å². The molecule has 10 heteroatoms. The van der Waals surface area contributed by atoms with E-state index >= 15 is 0 Å². The largest absolute Gasteiger partial charge is 0.416 e. The van der Waals surface area contributed by atoms with Crippen molar-refractivity contribution in [3.05, 3.63) is 89.5 Å². The van der Waals surface area contributed by atoms with Gasteiger partial charge in [0.05, 0.1) is 28.4 Å². The third-order valence-electron chi connectivity index (χ3n) is 6.49. The zero-order valence-corrected chi connectivity index (χ0v) is 20.9. The quantitative estimate of drug-likeness (QED) is 0.468. The van der Waals surface area contributed by atoms with Crippen molar-refractivity contribution in [2.45, 2.75) is 55.8 Å². The Labute approximate surface area is 209 Å². The van der Waals surface area contributed by atoms with E-state index in [0.717, 1.165) is 17.7 Å². The summed E-state index contributed by atoms with van der Waals surface area (Å²) in [5.41, 5.74) is 1.57. The Kier molecular flexibility index (Phi) is 7.77. The van der Waals surface area contributed by atoms with Crippen LogP contribution in [0, 0.1) is 0 Å². The van der Waals surface area contributed by atoms with E-state index in [2.05, 4.69) is 29.1 Å². The highest BCUT2D eigenvalue weighted by atomic mass is 32.2. The van der Waals surface area contributed by atoms with Crippen LogP contribution in [0.2, 0.25) is 0 Å². The van der Waals surface area contributed by atoms with Gasteiger partial charge in [-0.2, -0.15) is 17.5 Å². The van der Waals surface area contributed by atoms with Crippen LogP contribution in [0.3, 0.4) is 0 Å². The first-order valence-electron chi connectivity index (χ1n) is 11.8. The lowest BCUT2D eigenvalue weighted by Gasteiger charge is -2.34. The second kappa shape index (κ2) is 10.7. The molecule has 1 unspecified atom stereocenters. The molecule has 1 aliphatic heterocycles. The molecule has 0 bridgehead atoms. The molecule has 1 atom stereocenters. The van der Waals surface area contributed by atoms with Crippen LogP contribution in [0.4, 0.5) is 13.2 Å². The van der Waals surface area contributed by atoms with E-state index in [0.29, 0.717) is 43.1 Å². The van der Waals surface area contributed by atoms with Crippen LogP contribution < -0.4 is 5.32 Å². The predicted molar refractivity (Wildman–Crippen MR) is 131 cm³/mol. The van der Waals surface area contributed by atoms with Gasteiger partial charge in [-0.25, -0.2) is 8.42 Å². The number of benzene rings is 2. The van der Waals surface area contributed by atoms with Gasteiger partial charge in [0, 0.05) is 31.5 Å². The predicted octanol–water partition coefficient (Wildman–Crippen LogP) is 5.15. The van der Waals surface area contributed by atoms with Crippen LogP contribution in [-0.2, 0) is 16.2 Å². The summed E-state index contributed by atoms with van der Waals surface area (Å²) in [6, 6.07) is 11.5. The first-order valence-corrected chi connectivity index (χ1v) is 13.3. The highest BCUT2D eigenvalue weighted by molar-refractivity contribution is 7.89. The Hall–Kier alpha value is -2.82. The molecular weight excluding hydrogens is 489 g/mol. The minimum Gasteiger partial charge on any atom is -0.302 e. The average Bonchev–Trinajstić information content (AvgIpc) is 2.88. The molecule has 0 radical (unpaired) electrons. The topological polar surface area (TPSA) is 75.2 Å². The summed E-state index contributed by atoms with van der Waals surface area (Å²) in [6.07, 6.45) is 1.34. The van der Waals surface area contributed by atoms with Gasteiger partial charge in [-0.05, 0) is 54.2 Å². The minimum absolute atomic E-state index is 0.0472. The van der Waals surface area contributed by atoms with Gasteiger partial charge in [-0.3, -0.25) is 9.97 Å². The lowest BCUT2D eigenvalue weighted by Crippen LogP contribution is -2.46. The standard InChI is InChI=1S/C26H29F3N4O2S/c1-18(2)19-5-9-23(10-6-19)36(34,35)33-15-11-22(12-16-33)32-25(24-17-30-13-14-31-24)20-3-7-21(8-4-20)26(27,28)29/h3-10,13-14,17-18,22,25,32H,11-12,15-16H2,1-2H3. The molecule has 1 aliphatic rings. The number of hydrogen-bond acceptors (Lipinski definition) is 5. The Morgan fingerprint density at radius 1 is 0.944 bits per heavy atom. The second-order valence-electron chi connectivity index (χ2n) is 9.25. The maximum Gasteiger partial charge on any atom is 0.416 e. The number of rotatable bonds is 7. The smallest absolute Gasteiger partial charge is 0.302 e. The fraction of sp³-hybridized carbons (Fsp3) is 0.385. The van der Waals surface area contributed by atoms with E-state index in [1.165, 1.54) is 28.8 Å². The molecule has 1 fully saturated rings. The zero-order chi connectivity index (χ0) is 25.9. The number of alkyl halides is 3. The zero-order valence-electron chi connectivity index (χ0n) is 20.1. The van der Waals surface area contributed by atoms with E-state index in [-0.39, 0.29) is 10.9 Å². The Morgan fingerprint density at radius 2 is 1.56 bits per heavy atom. The summed E-state index contributed by atoms with van der Waals surface area (Å²) < 4.78 is 66.9. The molecule has 0 saturated carbocycles. The van der Waals surface area contributed by atoms with Crippen LogP contribution >= 0.6 is 0 Å². The fourth-order valence-corrected chi connectivity index (χ4v) is 5.82. The maximum atomic E-state index is 13.1. The molecular formula is C26H29F3N4O2S. The SMILES string of the molecule is CC(C)c1ccc(S(=O)(=O)N2CCC(NC(c3ccc(C(F)(F)F)cc3)c3cnccn3)CC2)cc1. The van der Waals surface area contributed by atoms with E-state index < -0.39 is 27.8 Å². The number of hydrogen-bond donors (Lipinski definition) is 1. The van der Waals surface area contributed by atoms with Gasteiger partial charge in [0.2, 0.25) is 10.0 Å². The number of halogens is 3. The molecule has 1 N–H and O–H groups in total. The summed E-state index contributed by atoms with van der Waals surface area (Å²) in [6.45, 7) is 4.79. The Balaban J connectivity index is 1.47. The van der Waals surface area contributed by atoms with Crippen molar-refractivity contribution in [1.29, 1.82) is 0 Å². The molecule has 0 spiro atoms. The summed E-state index contributed by atoms with van der Waals surface area (Å²) >= 11 is 0. The lowest BCUT2D eigenvalue weighted by atomic mass is 9.98. The van der Waals surface area contributed by atoms with Crippen LogP contribution in [0.25, 0.3) is 0 Å². The Morgan fingerprint density at radius 3 is 2.08 bits per heavy atom. The molecule has 3 aromatic rings. The summed E-state index contributed by atoms with van der Waals surface area (Å²) in [7, 11) is -3.60. The molecule has 4 rings (SSSR count). The van der Waals surface area contributed by atoms with E-state index in [1.54, 1.807) is 18.3 Å². The van der Waals surface area contributed by atoms with Crippen molar-refractivity contribution >= 4 is 10.0 Å². The van der Waals surface area contributed by atoms with Gasteiger partial charge in [-0.1, -0.05) is 38.1 Å². The number of nitrogens with zero attached hydrogens (tertiary/aromatic N) is 3. The van der Waals surface area contributed by atoms with Crippen molar-refractivity contribution in [2.24, 2.45) is 0 Å². The second-order valence-corrected chi connectivity index (χ2v) is 11.2. The van der Waals surface area contributed by atoms with Crippen LogP contribution in [0.1, 0.15) is 61.0 Å². The first kappa shape index (κ1) is 26.2. The number of nitrogens with one attached hydrogen (secondary N) is 1. The number of piperidine rings is 1. The van der Waals surface area contributed by atoms with Crippen molar-refractivity contribution in [3.63, 3.8) is 0 Å². The number of sulfonamides is 1. The normalized spacial score (nSPS) is 16.8. The third kappa shape index (κ3) is 5.93. The van der Waals surface area contributed by atoms with Crippen molar-refractivity contribution in [2.75, 3.05) is 13.1 Å². The van der Waals surface area contributed by atoms with Crippen LogP contribution in [0.5, 0.6) is 0 Å². The van der Waals surface area contributed by atoms with Gasteiger partial charge in [-0.15, -0.1) is 0 Å². The van der Waals surface area contributed by atoms with Crippen LogP contribution in [0.15, 0.2) is 72.0 Å². The highest BCUT2D eigenvalue weighted by Crippen LogP contribution is 2.31. The van der Waals surface area contributed by atoms with E-state index in [4.69, 9.17) is 0 Å². The van der Waals surface area contributed by atoms with Crippen molar-refractivity contribution < 1.29 is 21.6 Å². The van der Waals surface area contributed by atoms with Crippen LogP contribution in [-0.4, -0.2) is 41.8 Å². The molecule has 192 valence electrons. The van der Waals surface area contributed by atoms with Gasteiger partial charge in [0.15, 0.2) is 0 Å². The van der Waals surface area contributed by atoms with Crippen molar-refractivity contribution in [3.8, 4) is 0 Å². The molecule has 2 aromatic carbocycles. The molecule has 6 nitrogen and oxygen atoms in total. The van der Waals surface area contributed by atoms with Gasteiger partial charge >= 0.3 is 6.18 Å². The van der Waals surface area contributed by atoms with E-state index in [1.807, 2.05) is 12.1 Å². The number of aromatic nitrogens is 2. The minimum atomic E-state index is -4.42. The summed E-state index contributed by atoms with van der Waals surface area (Å²) in [4.78, 5) is 8.74. The van der Waals surface area contributed by atoms with Gasteiger partial charge in [0.1, 0.15) is 0 Å². The van der Waals surface area contributed by atoms with Crippen molar-refractivity contribution in [1.82, 2.24) is 19.6 Å². The molecule has 0 aliphatic carbocycles. The third-order valence-corrected chi connectivity index (χ3v) is 8.40. The average molecular weight is 519 g/mol. The van der Waals surface area contributed by atoms with Gasteiger partial charge in [0.25, 0.3) is 0 Å². The molecule has 2 heterocycles. The monoisotopic (exact) mass is 518 g/mol. The summed E-state index contributed by atoms with van der Waals surface area (Å²) in [5, 5.41) is 3.47. The van der Waals surface area contributed by atoms with E-state index in [9.17, 15) is 21.6 Å². The lowest BCUT2D eigenvalue weighted by molar-refractivity contribution is -0.137. The summed E-state index contributed by atoms with van der Waals surface area (Å²) in [5.74, 6) is 0.315. The molecule has 36 heavy (non-hydrogen) atoms. The maximum absolute atomic E-state index is 13.1. The molecule has 1 saturated heterocycles.